The first-order chi connectivity index (χ1) is 8.69. The molecule has 0 aliphatic heterocycles. The van der Waals surface area contributed by atoms with Crippen LogP contribution in [0.3, 0.4) is 0 Å². The monoisotopic (exact) mass is 260 g/mol. The third kappa shape index (κ3) is 2.27. The van der Waals surface area contributed by atoms with Crippen molar-refractivity contribution in [2.24, 2.45) is 0 Å². The van der Waals surface area contributed by atoms with Crippen molar-refractivity contribution in [2.45, 2.75) is 12.6 Å². The fourth-order valence-electron chi connectivity index (χ4n) is 2.07. The first kappa shape index (κ1) is 13.1. The quantitative estimate of drug-likeness (QED) is 0.857. The minimum Gasteiger partial charge on any atom is -0.396 e. The lowest BCUT2D eigenvalue weighted by Crippen LogP contribution is -2.26. The second-order valence-electron chi connectivity index (χ2n) is 4.36. The van der Waals surface area contributed by atoms with Gasteiger partial charge in [-0.25, -0.2) is 0 Å². The van der Waals surface area contributed by atoms with Gasteiger partial charge in [-0.1, -0.05) is 67.6 Å². The lowest BCUT2D eigenvalue weighted by Gasteiger charge is -2.24. The summed E-state index contributed by atoms with van der Waals surface area (Å²) in [6, 6.07) is 18.8. The van der Waals surface area contributed by atoms with Gasteiger partial charge in [0.1, 0.15) is 7.14 Å². The standard InChI is InChI=1S/C15H17O2P/c1-13(12-16)18(17,14-8-4-2-5-9-14)15-10-6-3-7-11-15/h2-11,13,16H,12H2,1H3/t13-/m1/s1. The molecule has 2 aromatic carbocycles. The van der Waals surface area contributed by atoms with Gasteiger partial charge in [0.15, 0.2) is 0 Å². The van der Waals surface area contributed by atoms with Gasteiger partial charge in [-0.3, -0.25) is 0 Å². The Morgan fingerprint density at radius 3 is 1.67 bits per heavy atom. The summed E-state index contributed by atoms with van der Waals surface area (Å²) in [4.78, 5) is 0. The van der Waals surface area contributed by atoms with Crippen LogP contribution in [0, 0.1) is 0 Å². The summed E-state index contributed by atoms with van der Waals surface area (Å²) in [5.41, 5.74) is -0.276. The summed E-state index contributed by atoms with van der Waals surface area (Å²) in [5, 5.41) is 11.0. The topological polar surface area (TPSA) is 37.3 Å². The molecule has 0 spiro atoms. The predicted molar refractivity (Wildman–Crippen MR) is 76.3 cm³/mol. The Bertz CT molecular complexity index is 493. The van der Waals surface area contributed by atoms with Crippen LogP contribution < -0.4 is 10.6 Å². The second-order valence-corrected chi connectivity index (χ2v) is 7.59. The van der Waals surface area contributed by atoms with Crippen LogP contribution in [0.2, 0.25) is 0 Å². The van der Waals surface area contributed by atoms with E-state index in [2.05, 4.69) is 0 Å². The molecule has 94 valence electrons. The zero-order chi connectivity index (χ0) is 13.0. The molecule has 2 rings (SSSR count). The average molecular weight is 260 g/mol. The van der Waals surface area contributed by atoms with Gasteiger partial charge in [-0.05, 0) is 0 Å². The van der Waals surface area contributed by atoms with Crippen molar-refractivity contribution >= 4 is 17.8 Å². The number of rotatable bonds is 4. The van der Waals surface area contributed by atoms with E-state index >= 15 is 0 Å². The molecule has 0 bridgehead atoms. The van der Waals surface area contributed by atoms with E-state index in [-0.39, 0.29) is 12.3 Å². The van der Waals surface area contributed by atoms with Gasteiger partial charge in [-0.15, -0.1) is 0 Å². The highest BCUT2D eigenvalue weighted by Crippen LogP contribution is 2.48. The van der Waals surface area contributed by atoms with E-state index in [9.17, 15) is 9.67 Å². The Kier molecular flexibility index (Phi) is 4.00. The summed E-state index contributed by atoms with van der Waals surface area (Å²) in [7, 11) is -2.77. The number of aliphatic hydroxyl groups is 1. The molecule has 1 atom stereocenters. The van der Waals surface area contributed by atoms with Crippen LogP contribution in [0.25, 0.3) is 0 Å². The second kappa shape index (κ2) is 5.51. The van der Waals surface area contributed by atoms with Crippen LogP contribution in [-0.4, -0.2) is 17.4 Å². The molecule has 0 fully saturated rings. The fourth-order valence-corrected chi connectivity index (χ4v) is 4.85. The molecule has 0 heterocycles. The molecule has 0 aromatic heterocycles. The molecule has 0 aliphatic rings. The van der Waals surface area contributed by atoms with Crippen molar-refractivity contribution < 1.29 is 9.67 Å². The molecule has 0 saturated carbocycles. The highest BCUT2D eigenvalue weighted by atomic mass is 31.2. The zero-order valence-corrected chi connectivity index (χ0v) is 11.3. The van der Waals surface area contributed by atoms with Gasteiger partial charge in [0.25, 0.3) is 0 Å². The molecule has 1 N–H and O–H groups in total. The predicted octanol–water partition coefficient (Wildman–Crippen LogP) is 2.38. The smallest absolute Gasteiger partial charge is 0.148 e. The highest BCUT2D eigenvalue weighted by molar-refractivity contribution is 7.79. The Morgan fingerprint density at radius 1 is 0.944 bits per heavy atom. The van der Waals surface area contributed by atoms with Crippen molar-refractivity contribution in [3.63, 3.8) is 0 Å². The van der Waals surface area contributed by atoms with Gasteiger partial charge in [-0.2, -0.15) is 0 Å². The average Bonchev–Trinajstić information content (AvgIpc) is 2.47. The van der Waals surface area contributed by atoms with Crippen molar-refractivity contribution in [2.75, 3.05) is 6.61 Å². The van der Waals surface area contributed by atoms with E-state index in [0.717, 1.165) is 10.6 Å². The first-order valence-electron chi connectivity index (χ1n) is 6.01. The molecular formula is C15H17O2P. The molecule has 3 heteroatoms. The maximum absolute atomic E-state index is 13.4. The van der Waals surface area contributed by atoms with Gasteiger partial charge in [0, 0.05) is 16.3 Å². The van der Waals surface area contributed by atoms with Crippen molar-refractivity contribution in [3.05, 3.63) is 60.7 Å². The number of benzene rings is 2. The van der Waals surface area contributed by atoms with Gasteiger partial charge >= 0.3 is 0 Å². The van der Waals surface area contributed by atoms with E-state index in [0.29, 0.717) is 0 Å². The number of hydrogen-bond donors (Lipinski definition) is 1. The number of hydrogen-bond acceptors (Lipinski definition) is 2. The van der Waals surface area contributed by atoms with E-state index in [1.165, 1.54) is 0 Å². The Labute approximate surface area is 108 Å². The summed E-state index contributed by atoms with van der Waals surface area (Å²) < 4.78 is 13.4. The van der Waals surface area contributed by atoms with Crippen molar-refractivity contribution in [3.8, 4) is 0 Å². The van der Waals surface area contributed by atoms with E-state index in [4.69, 9.17) is 0 Å². The SMILES string of the molecule is C[C@H](CO)P(=O)(c1ccccc1)c1ccccc1. The summed E-state index contributed by atoms with van der Waals surface area (Å²) in [6.07, 6.45) is 0. The van der Waals surface area contributed by atoms with Crippen LogP contribution in [0.4, 0.5) is 0 Å². The molecule has 0 aliphatic carbocycles. The first-order valence-corrected chi connectivity index (χ1v) is 7.79. The largest absolute Gasteiger partial charge is 0.396 e. The van der Waals surface area contributed by atoms with Crippen molar-refractivity contribution in [1.29, 1.82) is 0 Å². The van der Waals surface area contributed by atoms with E-state index < -0.39 is 7.14 Å². The van der Waals surface area contributed by atoms with Crippen LogP contribution in [0.1, 0.15) is 6.92 Å². The van der Waals surface area contributed by atoms with Crippen LogP contribution in [0.15, 0.2) is 60.7 Å². The normalized spacial score (nSPS) is 13.2. The fraction of sp³-hybridized carbons (Fsp3) is 0.200. The molecule has 0 radical (unpaired) electrons. The molecule has 0 unspecified atom stereocenters. The minimum absolute atomic E-state index is 0.0823. The summed E-state index contributed by atoms with van der Waals surface area (Å²) in [6.45, 7) is 1.75. The van der Waals surface area contributed by atoms with E-state index in [1.54, 1.807) is 0 Å². The third-order valence-corrected chi connectivity index (χ3v) is 6.70. The van der Waals surface area contributed by atoms with Gasteiger partial charge in [0.05, 0.1) is 6.61 Å². The Hall–Kier alpha value is -1.37. The van der Waals surface area contributed by atoms with Crippen LogP contribution >= 0.6 is 7.14 Å². The molecular weight excluding hydrogens is 243 g/mol. The van der Waals surface area contributed by atoms with Gasteiger partial charge < -0.3 is 9.67 Å². The Morgan fingerprint density at radius 2 is 1.33 bits per heavy atom. The molecule has 2 nitrogen and oxygen atoms in total. The van der Waals surface area contributed by atoms with Crippen LogP contribution in [0.5, 0.6) is 0 Å². The maximum Gasteiger partial charge on any atom is 0.148 e. The summed E-state index contributed by atoms with van der Waals surface area (Å²) >= 11 is 0. The molecule has 0 saturated heterocycles. The molecule has 18 heavy (non-hydrogen) atoms. The van der Waals surface area contributed by atoms with Crippen LogP contribution in [-0.2, 0) is 4.57 Å². The molecule has 0 amide bonds. The highest BCUT2D eigenvalue weighted by Gasteiger charge is 2.32. The van der Waals surface area contributed by atoms with E-state index in [1.807, 2.05) is 67.6 Å². The minimum atomic E-state index is -2.77. The third-order valence-electron chi connectivity index (χ3n) is 3.16. The lowest BCUT2D eigenvalue weighted by molar-refractivity contribution is 0.296. The Balaban J connectivity index is 2.59. The summed E-state index contributed by atoms with van der Waals surface area (Å²) in [5.74, 6) is 0. The lowest BCUT2D eigenvalue weighted by atomic mass is 10.4. The van der Waals surface area contributed by atoms with Crippen molar-refractivity contribution in [1.82, 2.24) is 0 Å². The maximum atomic E-state index is 13.4. The number of aliphatic hydroxyl groups excluding tert-OH is 1. The molecule has 2 aromatic rings. The zero-order valence-electron chi connectivity index (χ0n) is 10.4. The van der Waals surface area contributed by atoms with Gasteiger partial charge in [0.2, 0.25) is 0 Å².